The Hall–Kier alpha value is -3.80. The summed E-state index contributed by atoms with van der Waals surface area (Å²) in [4.78, 5) is 19.9. The number of rotatable bonds is 10. The molecular formula is C30H33N3O3. The summed E-state index contributed by atoms with van der Waals surface area (Å²) in [6.45, 7) is 4.91. The quantitative estimate of drug-likeness (QED) is 0.270. The molecule has 2 heterocycles. The van der Waals surface area contributed by atoms with Crippen LogP contribution in [0.5, 0.6) is 11.5 Å². The fourth-order valence-corrected chi connectivity index (χ4v) is 4.96. The summed E-state index contributed by atoms with van der Waals surface area (Å²) in [5.74, 6) is 3.03. The van der Waals surface area contributed by atoms with Crippen LogP contribution >= 0.6 is 0 Å². The minimum atomic E-state index is 0.0895. The molecule has 5 rings (SSSR count). The Morgan fingerprint density at radius 1 is 0.972 bits per heavy atom. The monoisotopic (exact) mass is 483 g/mol. The fraction of sp³-hybridized carbons (Fsp3) is 0.333. The van der Waals surface area contributed by atoms with E-state index < -0.39 is 0 Å². The van der Waals surface area contributed by atoms with E-state index in [0.29, 0.717) is 26.1 Å². The molecule has 1 aliphatic rings. The predicted octanol–water partition coefficient (Wildman–Crippen LogP) is 5.73. The molecule has 0 bridgehead atoms. The van der Waals surface area contributed by atoms with E-state index in [4.69, 9.17) is 14.5 Å². The number of aromatic nitrogens is 2. The van der Waals surface area contributed by atoms with Crippen molar-refractivity contribution in [3.05, 3.63) is 89.7 Å². The number of hydrogen-bond donors (Lipinski definition) is 0. The molecule has 6 heteroatoms. The van der Waals surface area contributed by atoms with Crippen molar-refractivity contribution in [2.45, 2.75) is 45.2 Å². The first-order chi connectivity index (χ1) is 17.6. The topological polar surface area (TPSA) is 56.6 Å². The van der Waals surface area contributed by atoms with Crippen LogP contribution in [0.4, 0.5) is 0 Å². The molecule has 0 spiro atoms. The molecule has 1 aliphatic heterocycles. The number of nitrogens with zero attached hydrogens (tertiary/aromatic N) is 3. The number of carbonyl (C=O) groups excluding carboxylic acids is 1. The number of unbranched alkanes of at least 4 members (excludes halogenated alkanes) is 1. The molecule has 1 unspecified atom stereocenters. The average molecular weight is 484 g/mol. The highest BCUT2D eigenvalue weighted by molar-refractivity contribution is 5.81. The van der Waals surface area contributed by atoms with Gasteiger partial charge < -0.3 is 18.9 Å². The molecule has 6 nitrogen and oxygen atoms in total. The highest BCUT2D eigenvalue weighted by atomic mass is 16.5. The molecule has 1 fully saturated rings. The van der Waals surface area contributed by atoms with Crippen molar-refractivity contribution in [2.75, 3.05) is 20.3 Å². The number of imidazole rings is 1. The smallest absolute Gasteiger partial charge is 0.223 e. The van der Waals surface area contributed by atoms with Gasteiger partial charge in [0.2, 0.25) is 5.91 Å². The second kappa shape index (κ2) is 10.9. The van der Waals surface area contributed by atoms with Gasteiger partial charge >= 0.3 is 0 Å². The standard InChI is InChI=1S/C30H33N3O3/c1-22-8-7-9-26(18-22)36-17-6-5-16-33-28-11-4-3-10-27(28)31-30(33)24-19-29(34)32(21-24)20-23-12-14-25(35-2)15-13-23/h3-4,7-15,18,24H,5-6,16-17,19-21H2,1-2H3. The number of fused-ring (bicyclic) bond motifs is 1. The van der Waals surface area contributed by atoms with E-state index in [1.54, 1.807) is 7.11 Å². The summed E-state index contributed by atoms with van der Waals surface area (Å²) >= 11 is 0. The lowest BCUT2D eigenvalue weighted by Crippen LogP contribution is -2.24. The minimum Gasteiger partial charge on any atom is -0.497 e. The van der Waals surface area contributed by atoms with Crippen molar-refractivity contribution in [3.63, 3.8) is 0 Å². The summed E-state index contributed by atoms with van der Waals surface area (Å²) in [6, 6.07) is 24.4. The van der Waals surface area contributed by atoms with Crippen molar-refractivity contribution in [2.24, 2.45) is 0 Å². The summed E-state index contributed by atoms with van der Waals surface area (Å²) in [5.41, 5.74) is 4.43. The molecule has 0 radical (unpaired) electrons. The highest BCUT2D eigenvalue weighted by Gasteiger charge is 2.33. The molecule has 1 amide bonds. The molecule has 36 heavy (non-hydrogen) atoms. The van der Waals surface area contributed by atoms with E-state index in [1.807, 2.05) is 47.4 Å². The van der Waals surface area contributed by atoms with Crippen LogP contribution in [0.1, 0.15) is 42.1 Å². The van der Waals surface area contributed by atoms with Crippen LogP contribution in [0.2, 0.25) is 0 Å². The minimum absolute atomic E-state index is 0.0895. The first kappa shape index (κ1) is 23.9. The molecule has 0 saturated carbocycles. The van der Waals surface area contributed by atoms with E-state index in [1.165, 1.54) is 5.56 Å². The zero-order valence-electron chi connectivity index (χ0n) is 21.0. The summed E-state index contributed by atoms with van der Waals surface area (Å²) < 4.78 is 13.5. The van der Waals surface area contributed by atoms with Crippen LogP contribution in [0.3, 0.4) is 0 Å². The van der Waals surface area contributed by atoms with Gasteiger partial charge in [0, 0.05) is 32.0 Å². The third-order valence-corrected chi connectivity index (χ3v) is 6.83. The van der Waals surface area contributed by atoms with Gasteiger partial charge in [0.05, 0.1) is 24.8 Å². The first-order valence-corrected chi connectivity index (χ1v) is 12.7. The zero-order chi connectivity index (χ0) is 24.9. The number of methoxy groups -OCH3 is 1. The van der Waals surface area contributed by atoms with Crippen molar-refractivity contribution in [3.8, 4) is 11.5 Å². The summed E-state index contributed by atoms with van der Waals surface area (Å²) in [7, 11) is 1.66. The lowest BCUT2D eigenvalue weighted by Gasteiger charge is -2.18. The first-order valence-electron chi connectivity index (χ1n) is 12.7. The number of amides is 1. The lowest BCUT2D eigenvalue weighted by molar-refractivity contribution is -0.128. The third-order valence-electron chi connectivity index (χ3n) is 6.83. The lowest BCUT2D eigenvalue weighted by atomic mass is 10.1. The largest absolute Gasteiger partial charge is 0.497 e. The number of para-hydroxylation sites is 2. The maximum Gasteiger partial charge on any atom is 0.223 e. The second-order valence-corrected chi connectivity index (χ2v) is 9.51. The average Bonchev–Trinajstić information content (AvgIpc) is 3.44. The van der Waals surface area contributed by atoms with Crippen LogP contribution in [-0.4, -0.2) is 40.6 Å². The van der Waals surface area contributed by atoms with Crippen molar-refractivity contribution < 1.29 is 14.3 Å². The van der Waals surface area contributed by atoms with Gasteiger partial charge in [-0.1, -0.05) is 36.4 Å². The van der Waals surface area contributed by atoms with Crippen LogP contribution in [0.25, 0.3) is 11.0 Å². The van der Waals surface area contributed by atoms with Crippen LogP contribution in [-0.2, 0) is 17.9 Å². The highest BCUT2D eigenvalue weighted by Crippen LogP contribution is 2.31. The molecule has 3 aromatic carbocycles. The Balaban J connectivity index is 1.25. The van der Waals surface area contributed by atoms with Crippen molar-refractivity contribution >= 4 is 16.9 Å². The van der Waals surface area contributed by atoms with E-state index in [-0.39, 0.29) is 11.8 Å². The van der Waals surface area contributed by atoms with Gasteiger partial charge in [0.15, 0.2) is 0 Å². The number of ether oxygens (including phenoxy) is 2. The molecule has 1 aromatic heterocycles. The molecule has 1 atom stereocenters. The molecule has 186 valence electrons. The van der Waals surface area contributed by atoms with Crippen molar-refractivity contribution in [1.82, 2.24) is 14.5 Å². The molecule has 1 saturated heterocycles. The van der Waals surface area contributed by atoms with E-state index >= 15 is 0 Å². The predicted molar refractivity (Wildman–Crippen MR) is 141 cm³/mol. The van der Waals surface area contributed by atoms with Gasteiger partial charge in [-0.2, -0.15) is 0 Å². The summed E-state index contributed by atoms with van der Waals surface area (Å²) in [6.07, 6.45) is 2.43. The Bertz CT molecular complexity index is 1330. The van der Waals surface area contributed by atoms with Gasteiger partial charge in [0.25, 0.3) is 0 Å². The SMILES string of the molecule is COc1ccc(CN2CC(c3nc4ccccc4n3CCCCOc3cccc(C)c3)CC2=O)cc1. The molecule has 0 aliphatic carbocycles. The Morgan fingerprint density at radius 3 is 2.61 bits per heavy atom. The van der Waals surface area contributed by atoms with Gasteiger partial charge in [-0.3, -0.25) is 4.79 Å². The maximum absolute atomic E-state index is 12.9. The van der Waals surface area contributed by atoms with E-state index in [0.717, 1.165) is 53.3 Å². The van der Waals surface area contributed by atoms with E-state index in [9.17, 15) is 4.79 Å². The Morgan fingerprint density at radius 2 is 1.81 bits per heavy atom. The third kappa shape index (κ3) is 5.38. The fourth-order valence-electron chi connectivity index (χ4n) is 4.96. The number of benzene rings is 3. The normalized spacial score (nSPS) is 15.6. The number of carbonyl (C=O) groups is 1. The Labute approximate surface area is 212 Å². The molecular weight excluding hydrogens is 450 g/mol. The van der Waals surface area contributed by atoms with Crippen LogP contribution < -0.4 is 9.47 Å². The maximum atomic E-state index is 12.9. The molecule has 0 N–H and O–H groups in total. The Kier molecular flexibility index (Phi) is 7.21. The van der Waals surface area contributed by atoms with Gasteiger partial charge in [0.1, 0.15) is 17.3 Å². The van der Waals surface area contributed by atoms with Crippen LogP contribution in [0, 0.1) is 6.92 Å². The van der Waals surface area contributed by atoms with E-state index in [2.05, 4.69) is 41.8 Å². The molecule has 4 aromatic rings. The number of aryl methyl sites for hydroxylation is 2. The van der Waals surface area contributed by atoms with Gasteiger partial charge in [-0.25, -0.2) is 4.98 Å². The number of likely N-dealkylation sites (tertiary alicyclic amines) is 1. The summed E-state index contributed by atoms with van der Waals surface area (Å²) in [5, 5.41) is 0. The number of hydrogen-bond acceptors (Lipinski definition) is 4. The second-order valence-electron chi connectivity index (χ2n) is 9.51. The van der Waals surface area contributed by atoms with Gasteiger partial charge in [-0.05, 0) is 67.3 Å². The van der Waals surface area contributed by atoms with Crippen LogP contribution in [0.15, 0.2) is 72.8 Å². The van der Waals surface area contributed by atoms with Gasteiger partial charge in [-0.15, -0.1) is 0 Å². The zero-order valence-corrected chi connectivity index (χ0v) is 21.0. The van der Waals surface area contributed by atoms with Crippen molar-refractivity contribution in [1.29, 1.82) is 0 Å².